The number of guanidine groups is 1. The first-order valence-electron chi connectivity index (χ1n) is 9.03. The molecule has 0 aromatic heterocycles. The van der Waals surface area contributed by atoms with Gasteiger partial charge < -0.3 is 15.5 Å². The topological polar surface area (TPSA) is 39.7 Å². The first kappa shape index (κ1) is 20.4. The lowest BCUT2D eigenvalue weighted by Crippen LogP contribution is -2.37. The third-order valence-electron chi connectivity index (χ3n) is 3.78. The van der Waals surface area contributed by atoms with E-state index in [1.807, 2.05) is 13.0 Å². The highest BCUT2D eigenvalue weighted by Gasteiger charge is 2.01. The van der Waals surface area contributed by atoms with Crippen LogP contribution in [0.1, 0.15) is 44.6 Å². The Balaban J connectivity index is 2.23. The summed E-state index contributed by atoms with van der Waals surface area (Å²) in [5.74, 6) is 0.559. The van der Waals surface area contributed by atoms with Crippen LogP contribution in [0.4, 0.5) is 4.39 Å². The summed E-state index contributed by atoms with van der Waals surface area (Å²) >= 11 is 0. The van der Waals surface area contributed by atoms with Gasteiger partial charge in [-0.2, -0.15) is 0 Å². The molecule has 0 fully saturated rings. The Morgan fingerprint density at radius 3 is 2.46 bits per heavy atom. The lowest BCUT2D eigenvalue weighted by atomic mass is 10.1. The molecule has 0 heterocycles. The minimum absolute atomic E-state index is 0.199. The van der Waals surface area contributed by atoms with Crippen molar-refractivity contribution in [1.82, 2.24) is 15.5 Å². The second kappa shape index (κ2) is 12.8. The third kappa shape index (κ3) is 9.50. The Hall–Kier alpha value is -1.62. The van der Waals surface area contributed by atoms with Crippen LogP contribution in [0.2, 0.25) is 0 Å². The van der Waals surface area contributed by atoms with Crippen LogP contribution in [0, 0.1) is 5.82 Å². The monoisotopic (exact) mass is 336 g/mol. The molecule has 1 aromatic carbocycles. The predicted octanol–water partition coefficient (Wildman–Crippen LogP) is 3.39. The molecule has 5 heteroatoms. The fourth-order valence-corrected chi connectivity index (χ4v) is 2.42. The van der Waals surface area contributed by atoms with Crippen molar-refractivity contribution >= 4 is 5.96 Å². The molecule has 0 aliphatic heterocycles. The number of aliphatic imine (C=N–C) groups is 1. The molecule has 0 bridgehead atoms. The Bertz CT molecular complexity index is 474. The van der Waals surface area contributed by atoms with Crippen LogP contribution < -0.4 is 10.6 Å². The number of nitrogens with zero attached hydrogens (tertiary/aromatic N) is 2. The summed E-state index contributed by atoms with van der Waals surface area (Å²) in [6, 6.07) is 6.78. The summed E-state index contributed by atoms with van der Waals surface area (Å²) in [7, 11) is 4.24. The van der Waals surface area contributed by atoms with Gasteiger partial charge in [0.05, 0.1) is 6.54 Å². The molecule has 0 unspecified atom stereocenters. The molecule has 0 spiro atoms. The Morgan fingerprint density at radius 1 is 1.04 bits per heavy atom. The molecule has 0 amide bonds. The summed E-state index contributed by atoms with van der Waals surface area (Å²) in [5.41, 5.74) is 0.621. The molecule has 24 heavy (non-hydrogen) atoms. The van der Waals surface area contributed by atoms with Crippen molar-refractivity contribution in [2.75, 3.05) is 33.7 Å². The van der Waals surface area contributed by atoms with E-state index in [0.29, 0.717) is 12.1 Å². The quantitative estimate of drug-likeness (QED) is 0.370. The second-order valence-corrected chi connectivity index (χ2v) is 6.28. The van der Waals surface area contributed by atoms with Gasteiger partial charge in [0, 0.05) is 18.7 Å². The van der Waals surface area contributed by atoms with Gasteiger partial charge in [-0.15, -0.1) is 0 Å². The summed E-state index contributed by atoms with van der Waals surface area (Å²) in [5, 5.41) is 6.53. The van der Waals surface area contributed by atoms with E-state index in [0.717, 1.165) is 25.5 Å². The number of hydrogen-bond donors (Lipinski definition) is 2. The number of unbranched alkanes of at least 4 members (excludes halogenated alkanes) is 4. The molecule has 0 radical (unpaired) electrons. The predicted molar refractivity (Wildman–Crippen MR) is 101 cm³/mol. The molecule has 0 aliphatic carbocycles. The van der Waals surface area contributed by atoms with Crippen molar-refractivity contribution in [3.63, 3.8) is 0 Å². The standard InChI is InChI=1S/C19H33FN4/c1-4-21-19(23-16-17-12-8-9-13-18(17)20)22-14-10-6-5-7-11-15-24(2)3/h8-9,12-13H,4-7,10-11,14-16H2,1-3H3,(H2,21,22,23). The minimum atomic E-state index is -0.199. The first-order valence-corrected chi connectivity index (χ1v) is 9.03. The van der Waals surface area contributed by atoms with Gasteiger partial charge in [-0.05, 0) is 46.5 Å². The lowest BCUT2D eigenvalue weighted by molar-refractivity contribution is 0.389. The van der Waals surface area contributed by atoms with Crippen LogP contribution in [0.5, 0.6) is 0 Å². The third-order valence-corrected chi connectivity index (χ3v) is 3.78. The van der Waals surface area contributed by atoms with E-state index in [1.165, 1.54) is 38.3 Å². The van der Waals surface area contributed by atoms with E-state index < -0.39 is 0 Å². The van der Waals surface area contributed by atoms with E-state index in [-0.39, 0.29) is 5.82 Å². The molecule has 1 aromatic rings. The highest BCUT2D eigenvalue weighted by atomic mass is 19.1. The van der Waals surface area contributed by atoms with Crippen molar-refractivity contribution in [3.8, 4) is 0 Å². The van der Waals surface area contributed by atoms with Crippen molar-refractivity contribution in [1.29, 1.82) is 0 Å². The molecule has 4 nitrogen and oxygen atoms in total. The summed E-state index contributed by atoms with van der Waals surface area (Å²) in [6.07, 6.45) is 6.20. The van der Waals surface area contributed by atoms with E-state index in [1.54, 1.807) is 12.1 Å². The SMILES string of the molecule is CCNC(=NCc1ccccc1F)NCCCCCCCN(C)C. The van der Waals surface area contributed by atoms with Crippen molar-refractivity contribution in [2.45, 2.75) is 45.6 Å². The van der Waals surface area contributed by atoms with Crippen molar-refractivity contribution in [2.24, 2.45) is 4.99 Å². The fourth-order valence-electron chi connectivity index (χ4n) is 2.42. The average molecular weight is 336 g/mol. The Labute approximate surface area is 146 Å². The average Bonchev–Trinajstić information content (AvgIpc) is 2.56. The van der Waals surface area contributed by atoms with E-state index in [4.69, 9.17) is 0 Å². The van der Waals surface area contributed by atoms with Gasteiger partial charge in [0.25, 0.3) is 0 Å². The summed E-state index contributed by atoms with van der Waals surface area (Å²) < 4.78 is 13.6. The molecule has 0 saturated heterocycles. The lowest BCUT2D eigenvalue weighted by Gasteiger charge is -2.12. The van der Waals surface area contributed by atoms with Gasteiger partial charge >= 0.3 is 0 Å². The van der Waals surface area contributed by atoms with Crippen LogP contribution in [0.3, 0.4) is 0 Å². The van der Waals surface area contributed by atoms with Crippen LogP contribution >= 0.6 is 0 Å². The first-order chi connectivity index (χ1) is 11.6. The highest BCUT2D eigenvalue weighted by molar-refractivity contribution is 5.79. The summed E-state index contributed by atoms with van der Waals surface area (Å²) in [6.45, 7) is 5.26. The number of hydrogen-bond acceptors (Lipinski definition) is 2. The van der Waals surface area contributed by atoms with E-state index in [2.05, 4.69) is 34.6 Å². The molecular formula is C19H33FN4. The zero-order valence-electron chi connectivity index (χ0n) is 15.4. The van der Waals surface area contributed by atoms with E-state index >= 15 is 0 Å². The Morgan fingerprint density at radius 2 is 1.75 bits per heavy atom. The minimum Gasteiger partial charge on any atom is -0.357 e. The van der Waals surface area contributed by atoms with Crippen LogP contribution in [-0.2, 0) is 6.54 Å². The maximum Gasteiger partial charge on any atom is 0.191 e. The largest absolute Gasteiger partial charge is 0.357 e. The zero-order valence-corrected chi connectivity index (χ0v) is 15.4. The Kier molecular flexibility index (Phi) is 10.9. The molecule has 1 rings (SSSR count). The fraction of sp³-hybridized carbons (Fsp3) is 0.632. The molecule has 0 atom stereocenters. The smallest absolute Gasteiger partial charge is 0.191 e. The maximum absolute atomic E-state index is 13.6. The van der Waals surface area contributed by atoms with Crippen molar-refractivity contribution in [3.05, 3.63) is 35.6 Å². The van der Waals surface area contributed by atoms with Gasteiger partial charge in [-0.1, -0.05) is 37.5 Å². The van der Waals surface area contributed by atoms with Gasteiger partial charge in [0.1, 0.15) is 5.82 Å². The highest BCUT2D eigenvalue weighted by Crippen LogP contribution is 2.07. The second-order valence-electron chi connectivity index (χ2n) is 6.28. The van der Waals surface area contributed by atoms with Gasteiger partial charge in [-0.3, -0.25) is 0 Å². The van der Waals surface area contributed by atoms with Gasteiger partial charge in [0.2, 0.25) is 0 Å². The zero-order chi connectivity index (χ0) is 17.6. The number of benzene rings is 1. The normalized spacial score (nSPS) is 11.8. The van der Waals surface area contributed by atoms with Crippen LogP contribution in [0.15, 0.2) is 29.3 Å². The van der Waals surface area contributed by atoms with Crippen LogP contribution in [-0.4, -0.2) is 44.6 Å². The molecule has 0 saturated carbocycles. The number of halogens is 1. The van der Waals surface area contributed by atoms with Crippen molar-refractivity contribution < 1.29 is 4.39 Å². The van der Waals surface area contributed by atoms with Gasteiger partial charge in [0.15, 0.2) is 5.96 Å². The molecule has 2 N–H and O–H groups in total. The van der Waals surface area contributed by atoms with Crippen LogP contribution in [0.25, 0.3) is 0 Å². The van der Waals surface area contributed by atoms with E-state index in [9.17, 15) is 4.39 Å². The van der Waals surface area contributed by atoms with Gasteiger partial charge in [-0.25, -0.2) is 9.38 Å². The molecule has 136 valence electrons. The summed E-state index contributed by atoms with van der Waals surface area (Å²) in [4.78, 5) is 6.69. The maximum atomic E-state index is 13.6. The molecule has 0 aliphatic rings. The molecular weight excluding hydrogens is 303 g/mol. The number of rotatable bonds is 11. The number of nitrogens with one attached hydrogen (secondary N) is 2.